The van der Waals surface area contributed by atoms with Crippen molar-refractivity contribution in [2.24, 2.45) is 47.3 Å². The van der Waals surface area contributed by atoms with Gasteiger partial charge in [-0.15, -0.1) is 0 Å². The Bertz CT molecular complexity index is 1970. The quantitative estimate of drug-likeness (QED) is 0.120. The minimum Gasteiger partial charge on any atom is -0.382 e. The number of methoxy groups -OCH3 is 5. The molecular formula is C58H90O17. The average molecular weight is 1060 g/mol. The Balaban J connectivity index is 0.919. The van der Waals surface area contributed by atoms with E-state index in [2.05, 4.69) is 74.4 Å². The first kappa shape index (κ1) is 58.9. The summed E-state index contributed by atoms with van der Waals surface area (Å²) < 4.78 is 111. The molecule has 0 aromatic heterocycles. The fourth-order valence-corrected chi connectivity index (χ4v) is 12.3. The van der Waals surface area contributed by atoms with Crippen LogP contribution >= 0.6 is 0 Å². The van der Waals surface area contributed by atoms with Crippen molar-refractivity contribution in [2.45, 2.75) is 180 Å². The van der Waals surface area contributed by atoms with Crippen LogP contribution in [0, 0.1) is 47.3 Å². The lowest BCUT2D eigenvalue weighted by Crippen LogP contribution is -2.63. The monoisotopic (exact) mass is 1060 g/mol. The van der Waals surface area contributed by atoms with E-state index in [0.717, 1.165) is 11.1 Å². The van der Waals surface area contributed by atoms with Gasteiger partial charge in [-0.2, -0.15) is 0 Å². The Morgan fingerprint density at radius 1 is 0.413 bits per heavy atom. The molecular weight excluding hydrogens is 969 g/mol. The van der Waals surface area contributed by atoms with E-state index in [4.69, 9.17) is 80.5 Å². The van der Waals surface area contributed by atoms with E-state index < -0.39 is 80.3 Å². The molecule has 6 fully saturated rings. The van der Waals surface area contributed by atoms with Crippen molar-refractivity contribution in [3.05, 3.63) is 71.8 Å². The smallest absolute Gasteiger partial charge is 0.185 e. The lowest BCUT2D eigenvalue weighted by atomic mass is 9.81. The number of fused-ring (bicyclic) bond motifs is 1. The third-order valence-electron chi connectivity index (χ3n) is 17.6. The summed E-state index contributed by atoms with van der Waals surface area (Å²) in [5.41, 5.74) is 2.08. The first-order valence-electron chi connectivity index (χ1n) is 27.6. The summed E-state index contributed by atoms with van der Waals surface area (Å²) in [5.74, 6) is -0.125. The van der Waals surface area contributed by atoms with Crippen molar-refractivity contribution in [3.8, 4) is 0 Å². The highest BCUT2D eigenvalue weighted by Crippen LogP contribution is 2.45. The van der Waals surface area contributed by atoms with Gasteiger partial charge in [-0.25, -0.2) is 0 Å². The van der Waals surface area contributed by atoms with Crippen molar-refractivity contribution >= 4 is 0 Å². The summed E-state index contributed by atoms with van der Waals surface area (Å²) in [4.78, 5) is 0. The minimum absolute atomic E-state index is 0.00173. The average Bonchev–Trinajstić information content (AvgIpc) is 3.41. The molecule has 17 nitrogen and oxygen atoms in total. The topological polar surface area (TPSA) is 157 Å². The second-order valence-corrected chi connectivity index (χ2v) is 22.3. The van der Waals surface area contributed by atoms with E-state index >= 15 is 0 Å². The minimum atomic E-state index is -0.788. The van der Waals surface area contributed by atoms with E-state index in [1.807, 2.05) is 48.5 Å². The first-order valence-corrected chi connectivity index (χ1v) is 27.6. The first-order chi connectivity index (χ1) is 36.2. The lowest BCUT2D eigenvalue weighted by Gasteiger charge is -2.52. The van der Waals surface area contributed by atoms with E-state index in [0.29, 0.717) is 19.8 Å². The van der Waals surface area contributed by atoms with Crippen molar-refractivity contribution in [3.63, 3.8) is 0 Å². The molecule has 0 aliphatic carbocycles. The van der Waals surface area contributed by atoms with Gasteiger partial charge in [0.1, 0.15) is 42.7 Å². The Labute approximate surface area is 446 Å². The standard InChI is InChI=1S/C58H90O17/c1-31-32(2)47(45(66-39(31)9)29-64-25-40-21-17-15-18-22-40)74-57-52(62-13)37(7)50(43(69-57)27-60-11)71-54-35(5)33(3)48(42(67-54)26-59-10)75-58-53(63-14)38(8)51(44(70-58)28-61-12)72-55-36(6)34(4)49-46(68-55)30-65-56(73-49)41-23-19-16-20-24-41/h15-24,31-39,42-58H,25-30H2,1-14H3/t31?,32-,33?,34-,35?,36?,37?,38+,39+,42-,43-,44?,45?,46?,47-,48+,49-,50+,51-,52?,53?,54-,55+,56?,57-,58+/m1/s1. The normalized spacial score (nSPS) is 44.5. The van der Waals surface area contributed by atoms with Gasteiger partial charge in [-0.3, -0.25) is 0 Å². The molecule has 11 unspecified atom stereocenters. The number of hydrogen-bond donors (Lipinski definition) is 0. The maximum atomic E-state index is 7.08. The van der Waals surface area contributed by atoms with E-state index in [1.165, 1.54) is 0 Å². The highest BCUT2D eigenvalue weighted by Gasteiger charge is 2.55. The lowest BCUT2D eigenvalue weighted by molar-refractivity contribution is -0.383. The summed E-state index contributed by atoms with van der Waals surface area (Å²) in [6.07, 6.45) is -8.19. The van der Waals surface area contributed by atoms with Crippen LogP contribution in [-0.4, -0.2) is 173 Å². The Morgan fingerprint density at radius 3 is 1.37 bits per heavy atom. The van der Waals surface area contributed by atoms with Crippen LogP contribution in [0.3, 0.4) is 0 Å². The summed E-state index contributed by atoms with van der Waals surface area (Å²) in [7, 11) is 8.35. The van der Waals surface area contributed by atoms with Gasteiger partial charge < -0.3 is 80.5 Å². The maximum absolute atomic E-state index is 7.08. The van der Waals surface area contributed by atoms with Crippen LogP contribution in [0.4, 0.5) is 0 Å². The molecule has 8 rings (SSSR count). The molecule has 6 aliphatic heterocycles. The van der Waals surface area contributed by atoms with Gasteiger partial charge in [0.25, 0.3) is 0 Å². The van der Waals surface area contributed by atoms with Crippen LogP contribution in [0.25, 0.3) is 0 Å². The van der Waals surface area contributed by atoms with Gasteiger partial charge in [-0.1, -0.05) is 116 Å². The highest BCUT2D eigenvalue weighted by molar-refractivity contribution is 5.17. The van der Waals surface area contributed by atoms with Crippen LogP contribution in [0.15, 0.2) is 60.7 Å². The summed E-state index contributed by atoms with van der Waals surface area (Å²) in [5, 5.41) is 0. The molecule has 17 heteroatoms. The predicted molar refractivity (Wildman–Crippen MR) is 275 cm³/mol. The molecule has 26 atom stereocenters. The van der Waals surface area contributed by atoms with Gasteiger partial charge in [0.05, 0.1) is 76.3 Å². The molecule has 6 aliphatic rings. The molecule has 0 radical (unpaired) electrons. The van der Waals surface area contributed by atoms with Crippen molar-refractivity contribution in [2.75, 3.05) is 68.6 Å². The third kappa shape index (κ3) is 13.3. The molecule has 2 aromatic rings. The third-order valence-corrected chi connectivity index (χ3v) is 17.6. The van der Waals surface area contributed by atoms with E-state index in [-0.39, 0.29) is 97.7 Å². The van der Waals surface area contributed by atoms with Gasteiger partial charge in [-0.05, 0) is 36.2 Å². The number of benzene rings is 2. The van der Waals surface area contributed by atoms with Crippen molar-refractivity contribution in [1.82, 2.24) is 0 Å². The van der Waals surface area contributed by atoms with Gasteiger partial charge in [0.15, 0.2) is 31.5 Å². The molecule has 0 N–H and O–H groups in total. The van der Waals surface area contributed by atoms with Crippen LogP contribution < -0.4 is 0 Å². The molecule has 0 bridgehead atoms. The Kier molecular flexibility index (Phi) is 21.4. The van der Waals surface area contributed by atoms with Crippen molar-refractivity contribution in [1.29, 1.82) is 0 Å². The number of hydrogen-bond acceptors (Lipinski definition) is 17. The molecule has 0 spiro atoms. The van der Waals surface area contributed by atoms with Gasteiger partial charge >= 0.3 is 0 Å². The van der Waals surface area contributed by atoms with Crippen LogP contribution in [0.2, 0.25) is 0 Å². The van der Waals surface area contributed by atoms with E-state index in [1.54, 1.807) is 35.5 Å². The number of ether oxygens (including phenoxy) is 17. The molecule has 0 amide bonds. The summed E-state index contributed by atoms with van der Waals surface area (Å²) in [6, 6.07) is 20.2. The van der Waals surface area contributed by atoms with E-state index in [9.17, 15) is 0 Å². The molecule has 2 aromatic carbocycles. The SMILES string of the molecule is COCC1O[C@@H](O[C@H]2C(C)C(C)[C@@H](O[C@H]3C(C)C(OC)[C@@H](O[C@H]4C(COCc5ccccc5)O[C@@H](C)C(C)[C@H]4C)O[C@@H]3COC)O[C@@H]2COC)C(OC)[C@@H](C)[C@H]1O[C@@H]1OC2COC(c3ccccc3)O[C@@H]2[C@H](C)C1C. The fourth-order valence-electron chi connectivity index (χ4n) is 12.3. The highest BCUT2D eigenvalue weighted by atomic mass is 16.8. The van der Waals surface area contributed by atoms with Gasteiger partial charge in [0, 0.05) is 64.8 Å². The van der Waals surface area contributed by atoms with Crippen LogP contribution in [0.1, 0.15) is 79.7 Å². The number of rotatable bonds is 21. The second-order valence-electron chi connectivity index (χ2n) is 22.3. The van der Waals surface area contributed by atoms with Crippen molar-refractivity contribution < 1.29 is 80.5 Å². The largest absolute Gasteiger partial charge is 0.382 e. The Morgan fingerprint density at radius 2 is 0.853 bits per heavy atom. The zero-order valence-electron chi connectivity index (χ0n) is 47.0. The summed E-state index contributed by atoms with van der Waals surface area (Å²) >= 11 is 0. The van der Waals surface area contributed by atoms with Crippen LogP contribution in [-0.2, 0) is 87.1 Å². The van der Waals surface area contributed by atoms with Gasteiger partial charge in [0.2, 0.25) is 0 Å². The fraction of sp³-hybridized carbons (Fsp3) is 0.793. The molecule has 6 saturated heterocycles. The molecule has 6 heterocycles. The van der Waals surface area contributed by atoms with Crippen LogP contribution in [0.5, 0.6) is 0 Å². The Hall–Kier alpha value is -2.24. The second kappa shape index (κ2) is 27.3. The predicted octanol–water partition coefficient (Wildman–Crippen LogP) is 7.60. The zero-order chi connectivity index (χ0) is 53.5. The molecule has 0 saturated carbocycles. The molecule has 75 heavy (non-hydrogen) atoms. The summed E-state index contributed by atoms with van der Waals surface area (Å²) in [6.45, 7) is 21.4. The molecule has 424 valence electrons. The maximum Gasteiger partial charge on any atom is 0.185 e. The zero-order valence-corrected chi connectivity index (χ0v) is 47.0.